The van der Waals surface area contributed by atoms with Crippen LogP contribution in [0.3, 0.4) is 0 Å². The molecule has 1 heterocycles. The minimum Gasteiger partial charge on any atom is -0.495 e. The Morgan fingerprint density at radius 1 is 1.18 bits per heavy atom. The molecule has 0 aliphatic carbocycles. The van der Waals surface area contributed by atoms with Crippen molar-refractivity contribution in [3.63, 3.8) is 0 Å². The first-order chi connectivity index (χ1) is 15.5. The van der Waals surface area contributed by atoms with Crippen molar-refractivity contribution in [3.8, 4) is 5.75 Å². The Bertz CT molecular complexity index is 1200. The number of carbonyl (C=O) groups is 2. The van der Waals surface area contributed by atoms with Crippen molar-refractivity contribution in [2.75, 3.05) is 7.11 Å². The number of carbonyl (C=O) groups excluding carboxylic acids is 1. The van der Waals surface area contributed by atoms with E-state index in [4.69, 9.17) is 16.3 Å². The molecule has 0 amide bonds. The van der Waals surface area contributed by atoms with Gasteiger partial charge in [0.15, 0.2) is 0 Å². The molecule has 0 radical (unpaired) electrons. The minimum absolute atomic E-state index is 0.0296. The zero-order chi connectivity index (χ0) is 24.5. The van der Waals surface area contributed by atoms with E-state index in [-0.39, 0.29) is 10.6 Å². The second kappa shape index (κ2) is 9.47. The Balaban J connectivity index is 2.25. The Labute approximate surface area is 193 Å². The molecule has 33 heavy (non-hydrogen) atoms. The third-order valence-corrected chi connectivity index (χ3v) is 5.98. The molecular formula is C24H23ClF3NO4. The summed E-state index contributed by atoms with van der Waals surface area (Å²) < 4.78 is 45.4. The first kappa shape index (κ1) is 24.6. The molecule has 1 aromatic heterocycles. The lowest BCUT2D eigenvalue weighted by atomic mass is 9.91. The molecule has 5 nitrogen and oxygen atoms in total. The number of fused-ring (bicyclic) bond motifs is 1. The molecule has 1 atom stereocenters. The number of hydrogen-bond donors (Lipinski definition) is 1. The molecule has 0 saturated heterocycles. The van der Waals surface area contributed by atoms with Gasteiger partial charge in [0.1, 0.15) is 5.75 Å². The van der Waals surface area contributed by atoms with Crippen molar-refractivity contribution in [2.24, 2.45) is 0 Å². The first-order valence-corrected chi connectivity index (χ1v) is 10.7. The summed E-state index contributed by atoms with van der Waals surface area (Å²) >= 11 is 6.29. The number of unbranched alkanes of at least 4 members (excludes halogenated alkanes) is 1. The van der Waals surface area contributed by atoms with Crippen LogP contribution in [0.4, 0.5) is 13.2 Å². The van der Waals surface area contributed by atoms with E-state index in [1.807, 2.05) is 6.92 Å². The number of nitrogens with zero attached hydrogens (tertiary/aromatic N) is 1. The number of aromatic nitrogens is 1. The van der Waals surface area contributed by atoms with Gasteiger partial charge in [0.25, 0.3) is 5.91 Å². The predicted octanol–water partition coefficient (Wildman–Crippen LogP) is 6.68. The van der Waals surface area contributed by atoms with Crippen LogP contribution in [0, 0.1) is 6.92 Å². The zero-order valence-corrected chi connectivity index (χ0v) is 19.0. The molecule has 9 heteroatoms. The van der Waals surface area contributed by atoms with Crippen molar-refractivity contribution in [2.45, 2.75) is 45.2 Å². The Kier molecular flexibility index (Phi) is 7.07. The van der Waals surface area contributed by atoms with E-state index >= 15 is 0 Å². The standard InChI is InChI=1S/C24H23ClF3NO4/c1-4-5-6-16(23(31)32)21-13(2)29(19-12-18(25)20(33-3)11-17(19)21)22(30)14-7-9-15(10-8-14)24(26,27)28/h7-12,16H,4-6H2,1-3H3,(H,31,32). The van der Waals surface area contributed by atoms with Gasteiger partial charge in [0.2, 0.25) is 0 Å². The number of aliphatic carboxylic acids is 1. The Morgan fingerprint density at radius 3 is 2.33 bits per heavy atom. The Morgan fingerprint density at radius 2 is 1.82 bits per heavy atom. The van der Waals surface area contributed by atoms with E-state index in [0.29, 0.717) is 40.8 Å². The van der Waals surface area contributed by atoms with Crippen LogP contribution in [0.1, 0.15) is 59.3 Å². The fourth-order valence-corrected chi connectivity index (χ4v) is 4.26. The molecule has 3 aromatic rings. The number of methoxy groups -OCH3 is 1. The van der Waals surface area contributed by atoms with Gasteiger partial charge in [-0.15, -0.1) is 0 Å². The minimum atomic E-state index is -4.52. The number of hydrogen-bond acceptors (Lipinski definition) is 3. The van der Waals surface area contributed by atoms with Crippen LogP contribution < -0.4 is 4.74 Å². The van der Waals surface area contributed by atoms with E-state index < -0.39 is 29.5 Å². The number of halogens is 4. The molecule has 0 aliphatic rings. The van der Waals surface area contributed by atoms with Crippen molar-refractivity contribution in [3.05, 3.63) is 63.8 Å². The molecule has 3 rings (SSSR count). The molecule has 0 saturated carbocycles. The van der Waals surface area contributed by atoms with E-state index in [9.17, 15) is 27.9 Å². The fraction of sp³-hybridized carbons (Fsp3) is 0.333. The maximum absolute atomic E-state index is 13.4. The van der Waals surface area contributed by atoms with E-state index in [2.05, 4.69) is 0 Å². The number of carboxylic acid groups (broad SMARTS) is 1. The van der Waals surface area contributed by atoms with Gasteiger partial charge >= 0.3 is 12.1 Å². The summed E-state index contributed by atoms with van der Waals surface area (Å²) in [4.78, 5) is 25.5. The number of carboxylic acids is 1. The van der Waals surface area contributed by atoms with E-state index in [1.54, 1.807) is 13.0 Å². The smallest absolute Gasteiger partial charge is 0.416 e. The molecule has 1 unspecified atom stereocenters. The second-order valence-electron chi connectivity index (χ2n) is 7.75. The number of ether oxygens (including phenoxy) is 1. The number of alkyl halides is 3. The summed E-state index contributed by atoms with van der Waals surface area (Å²) in [5.74, 6) is -2.16. The first-order valence-electron chi connectivity index (χ1n) is 10.3. The Hall–Kier alpha value is -3.00. The summed E-state index contributed by atoms with van der Waals surface area (Å²) in [5.41, 5.74) is 0.374. The normalized spacial score (nSPS) is 12.7. The van der Waals surface area contributed by atoms with E-state index in [0.717, 1.165) is 30.7 Å². The lowest BCUT2D eigenvalue weighted by Gasteiger charge is -2.14. The van der Waals surface area contributed by atoms with Crippen molar-refractivity contribution >= 4 is 34.4 Å². The third kappa shape index (κ3) is 4.71. The molecular weight excluding hydrogens is 459 g/mol. The quantitative estimate of drug-likeness (QED) is 0.409. The van der Waals surface area contributed by atoms with Crippen LogP contribution in [-0.4, -0.2) is 28.7 Å². The zero-order valence-electron chi connectivity index (χ0n) is 18.3. The van der Waals surface area contributed by atoms with Gasteiger partial charge in [-0.1, -0.05) is 31.4 Å². The summed E-state index contributed by atoms with van der Waals surface area (Å²) in [6, 6.07) is 6.99. The van der Waals surface area contributed by atoms with Crippen molar-refractivity contribution < 1.29 is 32.6 Å². The van der Waals surface area contributed by atoms with Crippen LogP contribution in [0.25, 0.3) is 10.9 Å². The average molecular weight is 482 g/mol. The van der Waals surface area contributed by atoms with Crippen LogP contribution in [0.15, 0.2) is 36.4 Å². The van der Waals surface area contributed by atoms with Gasteiger partial charge < -0.3 is 9.84 Å². The fourth-order valence-electron chi connectivity index (χ4n) is 4.03. The highest BCUT2D eigenvalue weighted by Gasteiger charge is 2.32. The van der Waals surface area contributed by atoms with Gasteiger partial charge in [-0.25, -0.2) is 0 Å². The molecule has 1 N–H and O–H groups in total. The SMILES string of the molecule is CCCCC(C(=O)O)c1c(C)n(C(=O)c2ccc(C(F)(F)F)cc2)c2cc(Cl)c(OC)cc12. The van der Waals surface area contributed by atoms with Crippen LogP contribution >= 0.6 is 11.6 Å². The lowest BCUT2D eigenvalue weighted by molar-refractivity contribution is -0.139. The summed E-state index contributed by atoms with van der Waals surface area (Å²) in [5, 5.41) is 10.6. The second-order valence-corrected chi connectivity index (χ2v) is 8.16. The van der Waals surface area contributed by atoms with E-state index in [1.165, 1.54) is 17.7 Å². The highest BCUT2D eigenvalue weighted by molar-refractivity contribution is 6.33. The van der Waals surface area contributed by atoms with Crippen molar-refractivity contribution in [1.82, 2.24) is 4.57 Å². The van der Waals surface area contributed by atoms with Gasteiger partial charge in [-0.05, 0) is 55.3 Å². The highest BCUT2D eigenvalue weighted by atomic mass is 35.5. The maximum Gasteiger partial charge on any atom is 0.416 e. The van der Waals surface area contributed by atoms with Crippen LogP contribution in [0.5, 0.6) is 5.75 Å². The van der Waals surface area contributed by atoms with Gasteiger partial charge in [0, 0.05) is 16.6 Å². The maximum atomic E-state index is 13.4. The van der Waals surface area contributed by atoms with Crippen LogP contribution in [-0.2, 0) is 11.0 Å². The molecule has 0 fully saturated rings. The number of rotatable bonds is 7. The number of benzene rings is 2. The van der Waals surface area contributed by atoms with Gasteiger partial charge in [-0.3, -0.25) is 14.2 Å². The molecule has 2 aromatic carbocycles. The van der Waals surface area contributed by atoms with Crippen molar-refractivity contribution in [1.29, 1.82) is 0 Å². The summed E-state index contributed by atoms with van der Waals surface area (Å²) in [6.45, 7) is 3.57. The molecule has 0 aliphatic heterocycles. The molecule has 0 spiro atoms. The van der Waals surface area contributed by atoms with Gasteiger partial charge in [0.05, 0.1) is 29.1 Å². The third-order valence-electron chi connectivity index (χ3n) is 5.68. The summed E-state index contributed by atoms with van der Waals surface area (Å²) in [6.07, 6.45) is -2.70. The largest absolute Gasteiger partial charge is 0.495 e. The van der Waals surface area contributed by atoms with Gasteiger partial charge in [-0.2, -0.15) is 13.2 Å². The lowest BCUT2D eigenvalue weighted by Crippen LogP contribution is -2.16. The van der Waals surface area contributed by atoms with Crippen LogP contribution in [0.2, 0.25) is 5.02 Å². The summed E-state index contributed by atoms with van der Waals surface area (Å²) in [7, 11) is 1.43. The highest BCUT2D eigenvalue weighted by Crippen LogP contribution is 2.40. The topological polar surface area (TPSA) is 68.5 Å². The monoisotopic (exact) mass is 481 g/mol. The average Bonchev–Trinajstić information content (AvgIpc) is 3.03. The molecule has 0 bridgehead atoms. The predicted molar refractivity (Wildman–Crippen MR) is 119 cm³/mol. The molecule has 176 valence electrons.